The monoisotopic (exact) mass is 345 g/mol. The van der Waals surface area contributed by atoms with Crippen LogP contribution in [-0.4, -0.2) is 21.2 Å². The summed E-state index contributed by atoms with van der Waals surface area (Å²) in [4.78, 5) is 28.2. The van der Waals surface area contributed by atoms with Crippen LogP contribution in [0.3, 0.4) is 0 Å². The Morgan fingerprint density at radius 2 is 2.04 bits per heavy atom. The van der Waals surface area contributed by atoms with Crippen LogP contribution in [0.2, 0.25) is 0 Å². The van der Waals surface area contributed by atoms with Gasteiger partial charge in [0.2, 0.25) is 5.91 Å². The highest BCUT2D eigenvalue weighted by molar-refractivity contribution is 7.99. The van der Waals surface area contributed by atoms with Crippen molar-refractivity contribution in [3.63, 3.8) is 0 Å². The van der Waals surface area contributed by atoms with E-state index in [9.17, 15) is 9.59 Å². The summed E-state index contributed by atoms with van der Waals surface area (Å²) in [6, 6.07) is 7.40. The van der Waals surface area contributed by atoms with Gasteiger partial charge in [-0.05, 0) is 31.9 Å². The van der Waals surface area contributed by atoms with Crippen LogP contribution in [-0.2, 0) is 11.3 Å². The molecule has 2 N–H and O–H groups in total. The Bertz CT molecular complexity index is 798. The van der Waals surface area contributed by atoms with E-state index in [4.69, 9.17) is 5.73 Å². The van der Waals surface area contributed by atoms with Crippen LogP contribution in [0.5, 0.6) is 0 Å². The first kappa shape index (κ1) is 18.3. The average Bonchev–Trinajstić information content (AvgIpc) is 2.54. The number of unbranched alkanes of at least 4 members (excludes halogenated alkanes) is 2. The zero-order chi connectivity index (χ0) is 17.5. The largest absolute Gasteiger partial charge is 0.370 e. The second-order valence-electron chi connectivity index (χ2n) is 5.89. The number of rotatable bonds is 9. The third kappa shape index (κ3) is 4.96. The molecule has 0 bridgehead atoms. The maximum atomic E-state index is 12.8. The smallest absolute Gasteiger partial charge is 0.262 e. The van der Waals surface area contributed by atoms with Gasteiger partial charge >= 0.3 is 0 Å². The van der Waals surface area contributed by atoms with Crippen molar-refractivity contribution < 1.29 is 4.79 Å². The van der Waals surface area contributed by atoms with Gasteiger partial charge < -0.3 is 5.73 Å². The molecule has 0 unspecified atom stereocenters. The average molecular weight is 345 g/mol. The van der Waals surface area contributed by atoms with Crippen molar-refractivity contribution in [1.82, 2.24) is 9.55 Å². The molecule has 0 aliphatic carbocycles. The summed E-state index contributed by atoms with van der Waals surface area (Å²) in [5.41, 5.74) is 6.89. The summed E-state index contributed by atoms with van der Waals surface area (Å²) >= 11 is 1.53. The van der Waals surface area contributed by atoms with E-state index in [0.29, 0.717) is 18.4 Å². The van der Waals surface area contributed by atoms with Crippen LogP contribution >= 0.6 is 11.8 Å². The molecule has 0 saturated heterocycles. The molecule has 2 aromatic rings. The van der Waals surface area contributed by atoms with Crippen molar-refractivity contribution >= 4 is 28.6 Å². The molecule has 24 heavy (non-hydrogen) atoms. The number of carbonyl (C=O) groups excluding carboxylic acids is 1. The number of amides is 1. The second kappa shape index (κ2) is 8.68. The first-order valence-electron chi connectivity index (χ1n) is 8.04. The first-order chi connectivity index (χ1) is 11.5. The molecule has 0 atom stereocenters. The maximum absolute atomic E-state index is 12.8. The number of primary amides is 1. The number of fused-ring (bicyclic) bond motifs is 1. The molecular formula is C18H23N3O2S. The molecule has 0 aliphatic rings. The molecule has 1 aromatic heterocycles. The van der Waals surface area contributed by atoms with Gasteiger partial charge in [0.05, 0.1) is 10.9 Å². The van der Waals surface area contributed by atoms with E-state index in [1.54, 1.807) is 10.6 Å². The van der Waals surface area contributed by atoms with E-state index in [1.807, 2.05) is 25.1 Å². The number of hydrogen-bond donors (Lipinski definition) is 1. The van der Waals surface area contributed by atoms with E-state index in [-0.39, 0.29) is 11.5 Å². The molecule has 0 saturated carbocycles. The van der Waals surface area contributed by atoms with Crippen LogP contribution in [0.25, 0.3) is 10.9 Å². The van der Waals surface area contributed by atoms with Crippen molar-refractivity contribution in [1.29, 1.82) is 0 Å². The topological polar surface area (TPSA) is 78.0 Å². The third-order valence-corrected chi connectivity index (χ3v) is 4.79. The Kier molecular flexibility index (Phi) is 6.61. The molecule has 0 fully saturated rings. The van der Waals surface area contributed by atoms with Crippen molar-refractivity contribution in [2.75, 3.05) is 5.75 Å². The number of carbonyl (C=O) groups is 1. The van der Waals surface area contributed by atoms with Gasteiger partial charge in [-0.15, -0.1) is 0 Å². The summed E-state index contributed by atoms with van der Waals surface area (Å²) < 4.78 is 1.74. The molecule has 6 heteroatoms. The van der Waals surface area contributed by atoms with Crippen molar-refractivity contribution in [2.24, 2.45) is 5.73 Å². The van der Waals surface area contributed by atoms with E-state index in [1.165, 1.54) is 11.8 Å². The van der Waals surface area contributed by atoms with Gasteiger partial charge in [-0.1, -0.05) is 42.5 Å². The lowest BCUT2D eigenvalue weighted by Gasteiger charge is -2.13. The van der Waals surface area contributed by atoms with E-state index >= 15 is 0 Å². The molecule has 2 rings (SSSR count). The number of nitrogens with zero attached hydrogens (tertiary/aromatic N) is 2. The zero-order valence-electron chi connectivity index (χ0n) is 14.0. The minimum absolute atomic E-state index is 0.0142. The van der Waals surface area contributed by atoms with E-state index in [2.05, 4.69) is 11.6 Å². The lowest BCUT2D eigenvalue weighted by molar-refractivity contribution is -0.118. The number of para-hydroxylation sites is 1. The predicted molar refractivity (Wildman–Crippen MR) is 99.2 cm³/mol. The molecule has 0 spiro atoms. The lowest BCUT2D eigenvalue weighted by atomic mass is 10.2. The van der Waals surface area contributed by atoms with E-state index in [0.717, 1.165) is 41.3 Å². The van der Waals surface area contributed by atoms with Crippen molar-refractivity contribution in [2.45, 2.75) is 44.3 Å². The fourth-order valence-corrected chi connectivity index (χ4v) is 3.26. The summed E-state index contributed by atoms with van der Waals surface area (Å²) in [6.45, 7) is 6.46. The van der Waals surface area contributed by atoms with E-state index < -0.39 is 0 Å². The van der Waals surface area contributed by atoms with Crippen LogP contribution in [0.1, 0.15) is 32.6 Å². The quantitative estimate of drug-likeness (QED) is 0.328. The minimum atomic E-state index is -0.280. The Hall–Kier alpha value is -2.08. The predicted octanol–water partition coefficient (Wildman–Crippen LogP) is 3.11. The molecule has 1 heterocycles. The van der Waals surface area contributed by atoms with Gasteiger partial charge in [0, 0.05) is 18.7 Å². The first-order valence-corrected chi connectivity index (χ1v) is 9.02. The highest BCUT2D eigenvalue weighted by Gasteiger charge is 2.11. The molecular weight excluding hydrogens is 322 g/mol. The number of thioether (sulfide) groups is 1. The van der Waals surface area contributed by atoms with Gasteiger partial charge in [0.25, 0.3) is 5.56 Å². The third-order valence-electron chi connectivity index (χ3n) is 3.58. The molecule has 1 aromatic carbocycles. The number of hydrogen-bond acceptors (Lipinski definition) is 4. The van der Waals surface area contributed by atoms with Crippen LogP contribution in [0.4, 0.5) is 0 Å². The van der Waals surface area contributed by atoms with Gasteiger partial charge in [-0.2, -0.15) is 0 Å². The van der Waals surface area contributed by atoms with Crippen LogP contribution < -0.4 is 11.3 Å². The fourth-order valence-electron chi connectivity index (χ4n) is 2.39. The zero-order valence-corrected chi connectivity index (χ0v) is 14.8. The lowest BCUT2D eigenvalue weighted by Crippen LogP contribution is -2.23. The van der Waals surface area contributed by atoms with Crippen LogP contribution in [0, 0.1) is 0 Å². The van der Waals surface area contributed by atoms with Gasteiger partial charge in [0.1, 0.15) is 0 Å². The molecule has 0 aliphatic heterocycles. The highest BCUT2D eigenvalue weighted by Crippen LogP contribution is 2.20. The number of nitrogens with two attached hydrogens (primary N) is 1. The second-order valence-corrected chi connectivity index (χ2v) is 6.83. The van der Waals surface area contributed by atoms with Crippen molar-refractivity contribution in [3.05, 3.63) is 46.8 Å². The number of aromatic nitrogens is 2. The normalized spacial score (nSPS) is 10.9. The van der Waals surface area contributed by atoms with Gasteiger partial charge in [-0.3, -0.25) is 14.2 Å². The minimum Gasteiger partial charge on any atom is -0.370 e. The summed E-state index contributed by atoms with van der Waals surface area (Å²) in [5, 5.41) is 1.35. The van der Waals surface area contributed by atoms with Crippen molar-refractivity contribution in [3.8, 4) is 0 Å². The fraction of sp³-hybridized carbons (Fsp3) is 0.389. The summed E-state index contributed by atoms with van der Waals surface area (Å²) in [6.07, 6.45) is 2.81. The summed E-state index contributed by atoms with van der Waals surface area (Å²) in [5.74, 6) is 0.448. The Balaban J connectivity index is 2.22. The number of benzene rings is 1. The molecule has 5 nitrogen and oxygen atoms in total. The molecule has 1 amide bonds. The SMILES string of the molecule is C=C(C)CSc1nc2ccccc2c(=O)n1CCCCCC(N)=O. The Morgan fingerprint density at radius 1 is 1.29 bits per heavy atom. The maximum Gasteiger partial charge on any atom is 0.262 e. The highest BCUT2D eigenvalue weighted by atomic mass is 32.2. The van der Waals surface area contributed by atoms with Gasteiger partial charge in [-0.25, -0.2) is 4.98 Å². The Morgan fingerprint density at radius 3 is 2.75 bits per heavy atom. The van der Waals surface area contributed by atoms with Crippen LogP contribution in [0.15, 0.2) is 46.4 Å². The van der Waals surface area contributed by atoms with Gasteiger partial charge in [0.15, 0.2) is 5.16 Å². The Labute approximate surface area is 146 Å². The standard InChI is InChI=1S/C18H23N3O2S/c1-13(2)12-24-18-20-15-9-6-5-8-14(15)17(23)21(18)11-7-3-4-10-16(19)22/h5-6,8-9H,1,3-4,7,10-12H2,2H3,(H2,19,22). The summed E-state index contributed by atoms with van der Waals surface area (Å²) in [7, 11) is 0. The molecule has 0 radical (unpaired) electrons. The molecule has 128 valence electrons.